The fourth-order valence-electron chi connectivity index (χ4n) is 3.19. The van der Waals surface area contributed by atoms with Gasteiger partial charge in [0.25, 0.3) is 7.59 Å². The molecule has 0 aliphatic rings. The normalized spacial score (nSPS) is 14.8. The summed E-state index contributed by atoms with van der Waals surface area (Å²) >= 11 is 12.0. The molecular formula is C22H28Cl2N3O5P. The highest BCUT2D eigenvalue weighted by Gasteiger charge is 2.40. The highest BCUT2D eigenvalue weighted by atomic mass is 35.5. The monoisotopic (exact) mass is 515 g/mol. The molecular weight excluding hydrogens is 488 g/mol. The van der Waals surface area contributed by atoms with Crippen molar-refractivity contribution >= 4 is 42.7 Å². The third-order valence-corrected chi connectivity index (χ3v) is 7.58. The van der Waals surface area contributed by atoms with E-state index in [4.69, 9.17) is 32.7 Å². The summed E-state index contributed by atoms with van der Waals surface area (Å²) < 4.78 is 25.9. The van der Waals surface area contributed by atoms with Gasteiger partial charge in [-0.25, -0.2) is 24.4 Å². The van der Waals surface area contributed by atoms with Crippen LogP contribution in [0.15, 0.2) is 60.7 Å². The molecule has 0 aromatic heterocycles. The highest BCUT2D eigenvalue weighted by Crippen LogP contribution is 2.46. The maximum atomic E-state index is 14.5. The van der Waals surface area contributed by atoms with Crippen LogP contribution in [0.25, 0.3) is 0 Å². The minimum absolute atomic E-state index is 0.146. The Labute approximate surface area is 204 Å². The number of ether oxygens (including phenoxy) is 2. The number of carbonyl (C=O) groups is 2. The largest absolute Gasteiger partial charge is 0.468 e. The van der Waals surface area contributed by atoms with Crippen LogP contribution < -0.4 is 10.2 Å². The molecule has 0 radical (unpaired) electrons. The zero-order chi connectivity index (χ0) is 24.3. The van der Waals surface area contributed by atoms with Crippen LogP contribution in [0.2, 0.25) is 0 Å². The van der Waals surface area contributed by atoms with Crippen LogP contribution in [0.3, 0.4) is 0 Å². The van der Waals surface area contributed by atoms with E-state index in [1.165, 1.54) is 18.9 Å². The van der Waals surface area contributed by atoms with Crippen LogP contribution in [-0.2, 0) is 23.6 Å². The number of hydrogen-bond donors (Lipinski definition) is 2. The number of hydrogen-bond acceptors (Lipinski definition) is 5. The average Bonchev–Trinajstić information content (AvgIpc) is 2.86. The Morgan fingerprint density at radius 3 is 1.48 bits per heavy atom. The summed E-state index contributed by atoms with van der Waals surface area (Å²) in [7, 11) is -1.39. The predicted molar refractivity (Wildman–Crippen MR) is 129 cm³/mol. The van der Waals surface area contributed by atoms with Crippen molar-refractivity contribution in [3.05, 3.63) is 71.8 Å². The molecule has 11 heteroatoms. The SMILES string of the molecule is COC(=O)C(NP(=O)(NC(C(=O)OC)c1ccccc1)N(CCCl)CCCl)c1ccccc1. The number of benzene rings is 2. The number of carbonyl (C=O) groups excluding carboxylic acids is 2. The first kappa shape index (κ1) is 27.3. The molecule has 0 aliphatic heterocycles. The first-order valence-corrected chi connectivity index (χ1v) is 12.9. The summed E-state index contributed by atoms with van der Waals surface area (Å²) in [5.74, 6) is -0.997. The molecule has 2 rings (SSSR count). The molecule has 0 saturated heterocycles. The molecule has 2 N–H and O–H groups in total. The molecule has 0 heterocycles. The Hall–Kier alpha value is -1.93. The van der Waals surface area contributed by atoms with Gasteiger partial charge in [0, 0.05) is 24.8 Å². The number of rotatable bonds is 13. The van der Waals surface area contributed by atoms with Gasteiger partial charge in [0.1, 0.15) is 12.1 Å². The lowest BCUT2D eigenvalue weighted by atomic mass is 10.1. The van der Waals surface area contributed by atoms with Gasteiger partial charge in [0.2, 0.25) is 0 Å². The number of nitrogens with zero attached hydrogens (tertiary/aromatic N) is 1. The Morgan fingerprint density at radius 1 is 0.818 bits per heavy atom. The van der Waals surface area contributed by atoms with Crippen LogP contribution in [0, 0.1) is 0 Å². The van der Waals surface area contributed by atoms with Crippen molar-refractivity contribution in [3.63, 3.8) is 0 Å². The van der Waals surface area contributed by atoms with Gasteiger partial charge in [-0.2, -0.15) is 0 Å². The fraction of sp³-hybridized carbons (Fsp3) is 0.364. The van der Waals surface area contributed by atoms with Gasteiger partial charge in [-0.05, 0) is 11.1 Å². The molecule has 0 aliphatic carbocycles. The third-order valence-electron chi connectivity index (χ3n) is 4.83. The second-order valence-electron chi connectivity index (χ2n) is 6.90. The lowest BCUT2D eigenvalue weighted by Gasteiger charge is -2.36. The van der Waals surface area contributed by atoms with Crippen molar-refractivity contribution < 1.29 is 23.6 Å². The van der Waals surface area contributed by atoms with Gasteiger partial charge >= 0.3 is 11.9 Å². The van der Waals surface area contributed by atoms with Gasteiger partial charge in [-0.15, -0.1) is 23.2 Å². The van der Waals surface area contributed by atoms with Gasteiger partial charge in [-0.1, -0.05) is 60.7 Å². The van der Waals surface area contributed by atoms with Crippen LogP contribution in [0.4, 0.5) is 0 Å². The van der Waals surface area contributed by atoms with Gasteiger partial charge < -0.3 is 9.47 Å². The van der Waals surface area contributed by atoms with Crippen LogP contribution >= 0.6 is 30.8 Å². The third kappa shape index (κ3) is 7.54. The second-order valence-corrected chi connectivity index (χ2v) is 9.89. The van der Waals surface area contributed by atoms with Crippen molar-refractivity contribution in [3.8, 4) is 0 Å². The average molecular weight is 516 g/mol. The van der Waals surface area contributed by atoms with Crippen molar-refractivity contribution in [2.45, 2.75) is 12.1 Å². The molecule has 0 saturated carbocycles. The minimum atomic E-state index is -3.88. The molecule has 2 aromatic carbocycles. The van der Waals surface area contributed by atoms with Gasteiger partial charge in [-0.3, -0.25) is 4.57 Å². The second kappa shape index (κ2) is 13.7. The molecule has 180 valence electrons. The molecule has 2 atom stereocenters. The zero-order valence-electron chi connectivity index (χ0n) is 18.4. The smallest absolute Gasteiger partial charge is 0.327 e. The van der Waals surface area contributed by atoms with Crippen molar-refractivity contribution in [2.24, 2.45) is 0 Å². The summed E-state index contributed by atoms with van der Waals surface area (Å²) in [6.45, 7) is 0.355. The zero-order valence-corrected chi connectivity index (χ0v) is 20.9. The Kier molecular flexibility index (Phi) is 11.3. The van der Waals surface area contributed by atoms with Gasteiger partial charge in [0.05, 0.1) is 14.2 Å². The quantitative estimate of drug-likeness (QED) is 0.235. The van der Waals surface area contributed by atoms with E-state index in [0.717, 1.165) is 0 Å². The summed E-state index contributed by atoms with van der Waals surface area (Å²) in [5.41, 5.74) is 1.08. The van der Waals surface area contributed by atoms with E-state index in [1.807, 2.05) is 0 Å². The van der Waals surface area contributed by atoms with E-state index in [1.54, 1.807) is 60.7 Å². The predicted octanol–water partition coefficient (Wildman–Crippen LogP) is 3.88. The molecule has 0 amide bonds. The number of esters is 2. The molecule has 0 bridgehead atoms. The summed E-state index contributed by atoms with van der Waals surface area (Å²) in [5, 5.41) is 5.83. The lowest BCUT2D eigenvalue weighted by molar-refractivity contribution is -0.143. The van der Waals surface area contributed by atoms with Crippen molar-refractivity contribution in [2.75, 3.05) is 39.1 Å². The van der Waals surface area contributed by atoms with Crippen LogP contribution in [0.1, 0.15) is 23.2 Å². The Morgan fingerprint density at radius 2 is 1.18 bits per heavy atom. The molecule has 2 aromatic rings. The minimum Gasteiger partial charge on any atom is -0.468 e. The standard InChI is InChI=1S/C22H28Cl2N3O5P/c1-31-21(28)19(17-9-5-3-6-10-17)25-33(30,27(15-13-23)16-14-24)26-20(22(29)32-2)18-11-7-4-8-12-18/h3-12,19-20H,13-16H2,1-2H3,(H2,25,26,30). The Balaban J connectivity index is 2.55. The van der Waals surface area contributed by atoms with E-state index >= 15 is 0 Å². The molecule has 8 nitrogen and oxygen atoms in total. The molecule has 2 unspecified atom stereocenters. The topological polar surface area (TPSA) is 97.0 Å². The molecule has 0 fully saturated rings. The van der Waals surface area contributed by atoms with E-state index < -0.39 is 31.6 Å². The van der Waals surface area contributed by atoms with Crippen molar-refractivity contribution in [1.82, 2.24) is 14.8 Å². The van der Waals surface area contributed by atoms with Crippen LogP contribution in [-0.4, -0.2) is 55.7 Å². The van der Waals surface area contributed by atoms with Gasteiger partial charge in [0.15, 0.2) is 0 Å². The number of halogens is 2. The summed E-state index contributed by atoms with van der Waals surface area (Å²) in [6.07, 6.45) is 0. The number of nitrogens with one attached hydrogen (secondary N) is 2. The molecule has 33 heavy (non-hydrogen) atoms. The maximum absolute atomic E-state index is 14.5. The Bertz CT molecular complexity index is 865. The number of alkyl halides is 2. The summed E-state index contributed by atoms with van der Waals surface area (Å²) in [4.78, 5) is 25.4. The van der Waals surface area contributed by atoms with E-state index in [9.17, 15) is 14.2 Å². The highest BCUT2D eigenvalue weighted by molar-refractivity contribution is 7.57. The molecule has 0 spiro atoms. The fourth-order valence-corrected chi connectivity index (χ4v) is 6.21. The van der Waals surface area contributed by atoms with E-state index in [-0.39, 0.29) is 24.8 Å². The maximum Gasteiger partial charge on any atom is 0.327 e. The van der Waals surface area contributed by atoms with E-state index in [2.05, 4.69) is 10.2 Å². The van der Waals surface area contributed by atoms with E-state index in [0.29, 0.717) is 11.1 Å². The van der Waals surface area contributed by atoms with Crippen molar-refractivity contribution in [1.29, 1.82) is 0 Å². The lowest BCUT2D eigenvalue weighted by Crippen LogP contribution is -2.44. The first-order valence-electron chi connectivity index (χ1n) is 10.2. The first-order chi connectivity index (χ1) is 15.9. The number of methoxy groups -OCH3 is 2. The summed E-state index contributed by atoms with van der Waals surface area (Å²) in [6, 6.07) is 15.3. The van der Waals surface area contributed by atoms with Crippen LogP contribution in [0.5, 0.6) is 0 Å².